The van der Waals surface area contributed by atoms with Crippen molar-refractivity contribution in [3.8, 4) is 5.75 Å². The molecule has 0 unspecified atom stereocenters. The van der Waals surface area contributed by atoms with Crippen molar-refractivity contribution in [2.45, 2.75) is 0 Å². The van der Waals surface area contributed by atoms with E-state index in [4.69, 9.17) is 4.74 Å². The highest BCUT2D eigenvalue weighted by molar-refractivity contribution is 5.94. The molecule has 6 heteroatoms. The molecule has 3 rings (SSSR count). The molecule has 0 spiro atoms. The Morgan fingerprint density at radius 2 is 2.16 bits per heavy atom. The largest absolute Gasteiger partial charge is 0.490 e. The van der Waals surface area contributed by atoms with E-state index in [0.29, 0.717) is 19.0 Å². The molecule has 0 saturated heterocycles. The molecule has 96 valence electrons. The zero-order valence-electron chi connectivity index (χ0n) is 9.98. The maximum absolute atomic E-state index is 11.3. The quantitative estimate of drug-likeness (QED) is 0.882. The molecule has 1 aliphatic rings. The number of aromatic nitrogens is 2. The summed E-state index contributed by atoms with van der Waals surface area (Å²) in [6.07, 6.45) is 1.37. The Hall–Kier alpha value is -2.63. The van der Waals surface area contributed by atoms with Gasteiger partial charge in [0.1, 0.15) is 17.9 Å². The van der Waals surface area contributed by atoms with Gasteiger partial charge in [-0.1, -0.05) is 12.1 Å². The van der Waals surface area contributed by atoms with Crippen LogP contribution in [0.25, 0.3) is 0 Å². The van der Waals surface area contributed by atoms with Gasteiger partial charge >= 0.3 is 5.97 Å². The average Bonchev–Trinajstić information content (AvgIpc) is 2.46. The molecule has 0 aliphatic carbocycles. The minimum Gasteiger partial charge on any atom is -0.490 e. The Bertz CT molecular complexity index is 630. The number of aromatic carboxylic acids is 1. The summed E-state index contributed by atoms with van der Waals surface area (Å²) in [6, 6.07) is 8.91. The lowest BCUT2D eigenvalue weighted by atomic mass is 10.2. The molecule has 0 fully saturated rings. The predicted molar refractivity (Wildman–Crippen MR) is 67.9 cm³/mol. The predicted octanol–water partition coefficient (Wildman–Crippen LogP) is 1.71. The van der Waals surface area contributed by atoms with Crippen LogP contribution in [0.5, 0.6) is 5.75 Å². The van der Waals surface area contributed by atoms with E-state index >= 15 is 0 Å². The van der Waals surface area contributed by atoms with Crippen LogP contribution < -0.4 is 9.64 Å². The number of nitrogens with zero attached hydrogens (tertiary/aromatic N) is 3. The van der Waals surface area contributed by atoms with Gasteiger partial charge in [-0.3, -0.25) is 0 Å². The van der Waals surface area contributed by atoms with Gasteiger partial charge in [-0.2, -0.15) is 5.10 Å². The van der Waals surface area contributed by atoms with E-state index in [1.807, 2.05) is 29.2 Å². The lowest BCUT2D eigenvalue weighted by Crippen LogP contribution is -2.30. The molecule has 2 heterocycles. The summed E-state index contributed by atoms with van der Waals surface area (Å²) in [7, 11) is 0. The molecule has 1 aromatic carbocycles. The molecule has 2 aromatic rings. The number of para-hydroxylation sites is 2. The highest BCUT2D eigenvalue weighted by Crippen LogP contribution is 2.36. The van der Waals surface area contributed by atoms with Crippen LogP contribution in [0.1, 0.15) is 10.4 Å². The Balaban J connectivity index is 2.12. The smallest absolute Gasteiger partial charge is 0.339 e. The van der Waals surface area contributed by atoms with Gasteiger partial charge in [0.2, 0.25) is 0 Å². The molecular weight excluding hydrogens is 246 g/mol. The zero-order chi connectivity index (χ0) is 13.2. The zero-order valence-corrected chi connectivity index (χ0v) is 9.98. The average molecular weight is 257 g/mol. The minimum atomic E-state index is -1.02. The molecule has 0 bridgehead atoms. The number of rotatable bonds is 2. The third-order valence-corrected chi connectivity index (χ3v) is 2.92. The van der Waals surface area contributed by atoms with Crippen LogP contribution in [0.2, 0.25) is 0 Å². The van der Waals surface area contributed by atoms with Crippen molar-refractivity contribution in [2.75, 3.05) is 18.1 Å². The van der Waals surface area contributed by atoms with E-state index in [-0.39, 0.29) is 5.56 Å². The van der Waals surface area contributed by atoms with Crippen LogP contribution >= 0.6 is 0 Å². The first-order chi connectivity index (χ1) is 9.27. The van der Waals surface area contributed by atoms with E-state index in [9.17, 15) is 9.90 Å². The Morgan fingerprint density at radius 3 is 3.00 bits per heavy atom. The van der Waals surface area contributed by atoms with Crippen LogP contribution in [0.4, 0.5) is 11.5 Å². The third-order valence-electron chi connectivity index (χ3n) is 2.92. The summed E-state index contributed by atoms with van der Waals surface area (Å²) >= 11 is 0. The van der Waals surface area contributed by atoms with Gasteiger partial charge in [0.15, 0.2) is 5.82 Å². The Morgan fingerprint density at radius 1 is 1.32 bits per heavy atom. The Kier molecular flexibility index (Phi) is 2.75. The fourth-order valence-electron chi connectivity index (χ4n) is 2.08. The van der Waals surface area contributed by atoms with Crippen molar-refractivity contribution < 1.29 is 14.6 Å². The van der Waals surface area contributed by atoms with E-state index in [1.54, 1.807) is 0 Å². The van der Waals surface area contributed by atoms with Crippen molar-refractivity contribution in [2.24, 2.45) is 0 Å². The number of carboxylic acids is 1. The second kappa shape index (κ2) is 4.56. The first-order valence-corrected chi connectivity index (χ1v) is 5.82. The van der Waals surface area contributed by atoms with Crippen LogP contribution in [-0.2, 0) is 0 Å². The number of hydrogen-bond acceptors (Lipinski definition) is 5. The van der Waals surface area contributed by atoms with E-state index in [0.717, 1.165) is 11.4 Å². The minimum absolute atomic E-state index is 0.131. The maximum Gasteiger partial charge on any atom is 0.339 e. The first-order valence-electron chi connectivity index (χ1n) is 5.82. The number of hydrogen-bond donors (Lipinski definition) is 1. The van der Waals surface area contributed by atoms with Gasteiger partial charge < -0.3 is 14.7 Å². The summed E-state index contributed by atoms with van der Waals surface area (Å²) in [5.41, 5.74) is 0.934. The van der Waals surface area contributed by atoms with Gasteiger partial charge in [0.05, 0.1) is 18.4 Å². The fraction of sp³-hybridized carbons (Fsp3) is 0.154. The van der Waals surface area contributed by atoms with E-state index in [2.05, 4.69) is 10.2 Å². The number of carbonyl (C=O) groups is 1. The number of fused-ring (bicyclic) bond motifs is 1. The summed E-state index contributed by atoms with van der Waals surface area (Å²) in [6.45, 7) is 1.02. The third kappa shape index (κ3) is 1.97. The highest BCUT2D eigenvalue weighted by Gasteiger charge is 2.24. The summed E-state index contributed by atoms with van der Waals surface area (Å²) < 4.78 is 5.54. The fourth-order valence-corrected chi connectivity index (χ4v) is 2.08. The van der Waals surface area contributed by atoms with Gasteiger partial charge in [-0.15, -0.1) is 5.10 Å². The number of carboxylic acid groups (broad SMARTS) is 1. The van der Waals surface area contributed by atoms with Crippen LogP contribution in [0, 0.1) is 0 Å². The molecular formula is C13H11N3O3. The topological polar surface area (TPSA) is 75.5 Å². The maximum atomic E-state index is 11.3. The van der Waals surface area contributed by atoms with E-state index in [1.165, 1.54) is 12.3 Å². The second-order valence-electron chi connectivity index (χ2n) is 4.04. The van der Waals surface area contributed by atoms with Crippen molar-refractivity contribution in [3.05, 3.63) is 42.1 Å². The Labute approximate surface area is 109 Å². The van der Waals surface area contributed by atoms with Crippen molar-refractivity contribution in [3.63, 3.8) is 0 Å². The lowest BCUT2D eigenvalue weighted by molar-refractivity contribution is 0.0697. The monoisotopic (exact) mass is 257 g/mol. The first kappa shape index (κ1) is 11.5. The van der Waals surface area contributed by atoms with Crippen molar-refractivity contribution >= 4 is 17.5 Å². The van der Waals surface area contributed by atoms with Crippen molar-refractivity contribution in [1.82, 2.24) is 10.2 Å². The molecule has 6 nitrogen and oxygen atoms in total. The van der Waals surface area contributed by atoms with Gasteiger partial charge in [0.25, 0.3) is 0 Å². The van der Waals surface area contributed by atoms with Crippen molar-refractivity contribution in [1.29, 1.82) is 0 Å². The van der Waals surface area contributed by atoms with Gasteiger partial charge in [0, 0.05) is 0 Å². The van der Waals surface area contributed by atoms with E-state index < -0.39 is 5.97 Å². The molecule has 0 atom stereocenters. The van der Waals surface area contributed by atoms with Gasteiger partial charge in [-0.25, -0.2) is 4.79 Å². The summed E-state index contributed by atoms with van der Waals surface area (Å²) in [4.78, 5) is 13.1. The van der Waals surface area contributed by atoms with Crippen LogP contribution in [-0.4, -0.2) is 34.4 Å². The molecule has 1 aromatic heterocycles. The molecule has 0 radical (unpaired) electrons. The number of anilines is 2. The molecule has 0 saturated carbocycles. The summed E-state index contributed by atoms with van der Waals surface area (Å²) in [5.74, 6) is 0.0374. The number of benzene rings is 1. The SMILES string of the molecule is O=C(O)c1ccnnc1N1CCOc2ccccc21. The number of ether oxygens (including phenoxy) is 1. The molecule has 0 amide bonds. The molecule has 19 heavy (non-hydrogen) atoms. The molecule has 1 N–H and O–H groups in total. The lowest BCUT2D eigenvalue weighted by Gasteiger charge is -2.30. The second-order valence-corrected chi connectivity index (χ2v) is 4.04. The molecule has 1 aliphatic heterocycles. The van der Waals surface area contributed by atoms with Crippen LogP contribution in [0.3, 0.4) is 0 Å². The standard InChI is InChI=1S/C13H11N3O3/c17-13(18)9-5-6-14-15-12(9)16-7-8-19-11-4-2-1-3-10(11)16/h1-6H,7-8H2,(H,17,18). The van der Waals surface area contributed by atoms with Gasteiger partial charge in [-0.05, 0) is 18.2 Å². The van der Waals surface area contributed by atoms with Crippen LogP contribution in [0.15, 0.2) is 36.5 Å². The normalized spacial score (nSPS) is 13.6. The highest BCUT2D eigenvalue weighted by atomic mass is 16.5. The summed E-state index contributed by atoms with van der Waals surface area (Å²) in [5, 5.41) is 17.0.